The highest BCUT2D eigenvalue weighted by Crippen LogP contribution is 2.41. The molecule has 24 heavy (non-hydrogen) atoms. The summed E-state index contributed by atoms with van der Waals surface area (Å²) in [6.07, 6.45) is -12.0. The van der Waals surface area contributed by atoms with Crippen LogP contribution in [0.3, 0.4) is 0 Å². The van der Waals surface area contributed by atoms with Crippen molar-refractivity contribution in [2.75, 3.05) is 0 Å². The van der Waals surface area contributed by atoms with Gasteiger partial charge in [0.15, 0.2) is 0 Å². The monoisotopic (exact) mass is 356 g/mol. The van der Waals surface area contributed by atoms with Gasteiger partial charge >= 0.3 is 18.5 Å². The lowest BCUT2D eigenvalue weighted by atomic mass is 9.97. The third-order valence-electron chi connectivity index (χ3n) is 3.16. The lowest BCUT2D eigenvalue weighted by Gasteiger charge is -2.28. The summed E-state index contributed by atoms with van der Waals surface area (Å²) in [7, 11) is 0. The van der Waals surface area contributed by atoms with Crippen LogP contribution < -0.4 is 9.47 Å². The SMILES string of the molecule is CCc1cc(OC(F)(F)F)cc2c1O[C@H](C(F)(F)F)C(C(=O)O)=C2. The Morgan fingerprint density at radius 2 is 1.88 bits per heavy atom. The van der Waals surface area contributed by atoms with Gasteiger partial charge in [-0.3, -0.25) is 0 Å². The second kappa shape index (κ2) is 5.91. The third kappa shape index (κ3) is 3.74. The average Bonchev–Trinajstić information content (AvgIpc) is 2.42. The highest BCUT2D eigenvalue weighted by atomic mass is 19.4. The highest BCUT2D eigenvalue weighted by Gasteiger charge is 2.48. The second-order valence-corrected chi connectivity index (χ2v) is 4.85. The van der Waals surface area contributed by atoms with E-state index in [1.54, 1.807) is 0 Å². The van der Waals surface area contributed by atoms with Crippen molar-refractivity contribution in [2.24, 2.45) is 0 Å². The van der Waals surface area contributed by atoms with E-state index in [4.69, 9.17) is 9.84 Å². The fourth-order valence-corrected chi connectivity index (χ4v) is 2.23. The Bertz CT molecular complexity index is 690. The van der Waals surface area contributed by atoms with Gasteiger partial charge in [-0.05, 0) is 30.2 Å². The quantitative estimate of drug-likeness (QED) is 0.834. The number of benzene rings is 1. The minimum Gasteiger partial charge on any atom is -0.478 e. The van der Waals surface area contributed by atoms with Gasteiger partial charge in [-0.15, -0.1) is 13.2 Å². The Morgan fingerprint density at radius 1 is 1.25 bits per heavy atom. The Hall–Kier alpha value is -2.39. The largest absolute Gasteiger partial charge is 0.573 e. The molecule has 1 heterocycles. The molecule has 0 spiro atoms. The molecular formula is C14H10F6O4. The first-order valence-corrected chi connectivity index (χ1v) is 6.53. The molecule has 0 aromatic heterocycles. The van der Waals surface area contributed by atoms with E-state index in [2.05, 4.69) is 4.74 Å². The zero-order chi connectivity index (χ0) is 18.3. The van der Waals surface area contributed by atoms with E-state index < -0.39 is 35.9 Å². The lowest BCUT2D eigenvalue weighted by Crippen LogP contribution is -2.40. The van der Waals surface area contributed by atoms with Gasteiger partial charge in [-0.2, -0.15) is 13.2 Å². The predicted molar refractivity (Wildman–Crippen MR) is 68.6 cm³/mol. The number of hydrogen-bond donors (Lipinski definition) is 1. The van der Waals surface area contributed by atoms with Gasteiger partial charge in [0.25, 0.3) is 0 Å². The minimum absolute atomic E-state index is 0.0293. The van der Waals surface area contributed by atoms with Crippen LogP contribution >= 0.6 is 0 Å². The molecule has 1 aliphatic heterocycles. The molecule has 1 aromatic rings. The van der Waals surface area contributed by atoms with E-state index in [9.17, 15) is 31.1 Å². The van der Waals surface area contributed by atoms with E-state index >= 15 is 0 Å². The van der Waals surface area contributed by atoms with Crippen LogP contribution in [-0.4, -0.2) is 29.7 Å². The van der Waals surface area contributed by atoms with Gasteiger partial charge in [-0.25, -0.2) is 4.79 Å². The number of aryl methyl sites for hydroxylation is 1. The molecule has 0 amide bonds. The fourth-order valence-electron chi connectivity index (χ4n) is 2.23. The van der Waals surface area contributed by atoms with Crippen molar-refractivity contribution in [3.8, 4) is 11.5 Å². The van der Waals surface area contributed by atoms with Crippen LogP contribution in [0.4, 0.5) is 26.3 Å². The van der Waals surface area contributed by atoms with Gasteiger partial charge in [0.05, 0.1) is 5.57 Å². The van der Waals surface area contributed by atoms with Crippen LogP contribution in [0.25, 0.3) is 6.08 Å². The maximum atomic E-state index is 13.0. The molecule has 1 aliphatic rings. The van der Waals surface area contributed by atoms with E-state index in [0.717, 1.165) is 12.1 Å². The molecule has 1 N–H and O–H groups in total. The Morgan fingerprint density at radius 3 is 2.33 bits per heavy atom. The summed E-state index contributed by atoms with van der Waals surface area (Å²) < 4.78 is 84.4. The van der Waals surface area contributed by atoms with Gasteiger partial charge < -0.3 is 14.6 Å². The number of carbonyl (C=O) groups is 1. The van der Waals surface area contributed by atoms with Crippen LogP contribution in [0.15, 0.2) is 17.7 Å². The normalized spacial score (nSPS) is 17.6. The maximum absolute atomic E-state index is 13.0. The van der Waals surface area contributed by atoms with Crippen molar-refractivity contribution in [3.63, 3.8) is 0 Å². The number of alkyl halides is 6. The van der Waals surface area contributed by atoms with E-state index in [0.29, 0.717) is 6.08 Å². The molecule has 4 nitrogen and oxygen atoms in total. The standard InChI is InChI=1S/C14H10F6O4/c1-2-6-3-8(24-14(18,19)20)4-7-5-9(12(21)22)11(13(15,16)17)23-10(6)7/h3-5,11H,2H2,1H3,(H,21,22)/t11-/m0/s1. The molecule has 0 radical (unpaired) electrons. The molecule has 1 aromatic carbocycles. The number of fused-ring (bicyclic) bond motifs is 1. The summed E-state index contributed by atoms with van der Waals surface area (Å²) in [5, 5.41) is 8.92. The van der Waals surface area contributed by atoms with Crippen LogP contribution in [0, 0.1) is 0 Å². The van der Waals surface area contributed by atoms with Crippen LogP contribution in [0.5, 0.6) is 11.5 Å². The van der Waals surface area contributed by atoms with Crippen molar-refractivity contribution < 1.29 is 45.7 Å². The summed E-state index contributed by atoms with van der Waals surface area (Å²) in [5.41, 5.74) is -1.32. The van der Waals surface area contributed by atoms with Crippen LogP contribution in [-0.2, 0) is 11.2 Å². The molecule has 1 atom stereocenters. The van der Waals surface area contributed by atoms with Crippen molar-refractivity contribution in [3.05, 3.63) is 28.8 Å². The summed E-state index contributed by atoms with van der Waals surface area (Å²) >= 11 is 0. The molecular weight excluding hydrogens is 346 g/mol. The number of carboxylic acid groups (broad SMARTS) is 1. The summed E-state index contributed by atoms with van der Waals surface area (Å²) in [5.74, 6) is -2.88. The topological polar surface area (TPSA) is 55.8 Å². The zero-order valence-electron chi connectivity index (χ0n) is 12.0. The molecule has 2 rings (SSSR count). The summed E-state index contributed by atoms with van der Waals surface area (Å²) in [6, 6.07) is 1.68. The number of halogens is 6. The summed E-state index contributed by atoms with van der Waals surface area (Å²) in [4.78, 5) is 11.0. The third-order valence-corrected chi connectivity index (χ3v) is 3.16. The molecule has 0 bridgehead atoms. The first-order valence-electron chi connectivity index (χ1n) is 6.53. The molecule has 0 saturated heterocycles. The molecule has 0 fully saturated rings. The van der Waals surface area contributed by atoms with E-state index in [1.165, 1.54) is 6.92 Å². The number of ether oxygens (including phenoxy) is 2. The average molecular weight is 356 g/mol. The number of carboxylic acids is 1. The van der Waals surface area contributed by atoms with Crippen molar-refractivity contribution in [1.29, 1.82) is 0 Å². The number of aliphatic carboxylic acids is 1. The van der Waals surface area contributed by atoms with Crippen LogP contribution in [0.2, 0.25) is 0 Å². The number of rotatable bonds is 3. The Kier molecular flexibility index (Phi) is 4.42. The molecule has 10 heteroatoms. The Balaban J connectivity index is 2.58. The first-order chi connectivity index (χ1) is 10.9. The number of hydrogen-bond acceptors (Lipinski definition) is 3. The van der Waals surface area contributed by atoms with Gasteiger partial charge in [0, 0.05) is 5.56 Å². The predicted octanol–water partition coefficient (Wildman–Crippen LogP) is 3.94. The smallest absolute Gasteiger partial charge is 0.478 e. The fraction of sp³-hybridized carbons (Fsp3) is 0.357. The zero-order valence-corrected chi connectivity index (χ0v) is 12.0. The van der Waals surface area contributed by atoms with E-state index in [-0.39, 0.29) is 23.3 Å². The molecule has 0 unspecified atom stereocenters. The van der Waals surface area contributed by atoms with Crippen LogP contribution in [0.1, 0.15) is 18.1 Å². The Labute approximate surface area is 131 Å². The summed E-state index contributed by atoms with van der Waals surface area (Å²) in [6.45, 7) is 1.50. The lowest BCUT2D eigenvalue weighted by molar-refractivity contribution is -0.274. The second-order valence-electron chi connectivity index (χ2n) is 4.85. The van der Waals surface area contributed by atoms with Gasteiger partial charge in [0.2, 0.25) is 6.10 Å². The van der Waals surface area contributed by atoms with Crippen molar-refractivity contribution >= 4 is 12.0 Å². The first kappa shape index (κ1) is 18.0. The molecule has 0 aliphatic carbocycles. The van der Waals surface area contributed by atoms with Gasteiger partial charge in [0.1, 0.15) is 11.5 Å². The van der Waals surface area contributed by atoms with Gasteiger partial charge in [-0.1, -0.05) is 6.92 Å². The molecule has 0 saturated carbocycles. The maximum Gasteiger partial charge on any atom is 0.573 e. The van der Waals surface area contributed by atoms with E-state index in [1.807, 2.05) is 0 Å². The van der Waals surface area contributed by atoms with Crippen molar-refractivity contribution in [1.82, 2.24) is 0 Å². The van der Waals surface area contributed by atoms with Crippen molar-refractivity contribution in [2.45, 2.75) is 32.0 Å². The minimum atomic E-state index is -5.00. The highest BCUT2D eigenvalue weighted by molar-refractivity contribution is 5.95. The molecule has 132 valence electrons.